The lowest BCUT2D eigenvalue weighted by atomic mass is 9.75. The Kier molecular flexibility index (Phi) is 2.55. The molecule has 17 heavy (non-hydrogen) atoms. The van der Waals surface area contributed by atoms with Crippen molar-refractivity contribution >= 4 is 0 Å². The quantitative estimate of drug-likeness (QED) is 0.660. The van der Waals surface area contributed by atoms with Crippen LogP contribution in [0.3, 0.4) is 0 Å². The summed E-state index contributed by atoms with van der Waals surface area (Å²) in [5, 5.41) is 0. The standard InChI is InChI=1S/C16H23N/c1-10-5-6-13-8-14-11(2)9-17(4)12(3)16(14)15(13)7-10/h5-7,11-12,14,16H,8-9H2,1-4H3. The molecular formula is C16H23N. The molecule has 1 aliphatic heterocycles. The first-order valence-electron chi connectivity index (χ1n) is 6.87. The lowest BCUT2D eigenvalue weighted by molar-refractivity contribution is 0.0857. The van der Waals surface area contributed by atoms with Crippen molar-refractivity contribution in [3.63, 3.8) is 0 Å². The minimum Gasteiger partial charge on any atom is -0.303 e. The molecule has 0 amide bonds. The summed E-state index contributed by atoms with van der Waals surface area (Å²) in [5.74, 6) is 2.46. The van der Waals surface area contributed by atoms with Gasteiger partial charge in [-0.3, -0.25) is 0 Å². The molecule has 1 heteroatoms. The minimum absolute atomic E-state index is 0.694. The molecule has 1 nitrogen and oxygen atoms in total. The SMILES string of the molecule is Cc1ccc2c(c1)C1C(C2)C(C)CN(C)C1C. The van der Waals surface area contributed by atoms with Gasteiger partial charge in [-0.2, -0.15) is 0 Å². The zero-order chi connectivity index (χ0) is 12.2. The fraction of sp³-hybridized carbons (Fsp3) is 0.625. The first kappa shape index (κ1) is 11.3. The van der Waals surface area contributed by atoms with Crippen molar-refractivity contribution in [1.82, 2.24) is 4.90 Å². The van der Waals surface area contributed by atoms with Crippen LogP contribution in [0.25, 0.3) is 0 Å². The van der Waals surface area contributed by atoms with Crippen molar-refractivity contribution in [2.24, 2.45) is 11.8 Å². The summed E-state index contributed by atoms with van der Waals surface area (Å²) in [6.45, 7) is 8.31. The lowest BCUT2D eigenvalue weighted by Crippen LogP contribution is -2.46. The Morgan fingerprint density at radius 3 is 2.76 bits per heavy atom. The smallest absolute Gasteiger partial charge is 0.0136 e. The highest BCUT2D eigenvalue weighted by Crippen LogP contribution is 2.47. The number of likely N-dealkylation sites (tertiary alicyclic amines) is 1. The van der Waals surface area contributed by atoms with Crippen LogP contribution in [0.2, 0.25) is 0 Å². The molecule has 4 unspecified atom stereocenters. The number of benzene rings is 1. The van der Waals surface area contributed by atoms with E-state index in [2.05, 4.69) is 50.9 Å². The number of hydrogen-bond acceptors (Lipinski definition) is 1. The van der Waals surface area contributed by atoms with E-state index in [-0.39, 0.29) is 0 Å². The number of likely N-dealkylation sites (N-methyl/N-ethyl adjacent to an activating group) is 1. The number of piperidine rings is 1. The predicted octanol–water partition coefficient (Wildman–Crippen LogP) is 3.22. The fourth-order valence-corrected chi connectivity index (χ4v) is 4.02. The van der Waals surface area contributed by atoms with Crippen LogP contribution in [0.4, 0.5) is 0 Å². The molecule has 1 fully saturated rings. The summed E-state index contributed by atoms with van der Waals surface area (Å²) in [4.78, 5) is 2.54. The summed E-state index contributed by atoms with van der Waals surface area (Å²) in [6, 6.07) is 7.76. The molecular weight excluding hydrogens is 206 g/mol. The molecule has 0 saturated carbocycles. The Labute approximate surface area is 105 Å². The zero-order valence-corrected chi connectivity index (χ0v) is 11.4. The molecule has 4 atom stereocenters. The van der Waals surface area contributed by atoms with Crippen LogP contribution in [0.1, 0.15) is 36.5 Å². The van der Waals surface area contributed by atoms with Crippen LogP contribution < -0.4 is 0 Å². The van der Waals surface area contributed by atoms with Gasteiger partial charge >= 0.3 is 0 Å². The Morgan fingerprint density at radius 2 is 2.00 bits per heavy atom. The second kappa shape index (κ2) is 3.84. The van der Waals surface area contributed by atoms with Crippen molar-refractivity contribution in [2.75, 3.05) is 13.6 Å². The van der Waals surface area contributed by atoms with E-state index in [1.165, 1.54) is 18.5 Å². The number of nitrogens with zero attached hydrogens (tertiary/aromatic N) is 1. The summed E-state index contributed by atoms with van der Waals surface area (Å²) < 4.78 is 0. The first-order valence-corrected chi connectivity index (χ1v) is 6.87. The van der Waals surface area contributed by atoms with E-state index in [0.29, 0.717) is 6.04 Å². The largest absolute Gasteiger partial charge is 0.303 e. The fourth-order valence-electron chi connectivity index (χ4n) is 4.02. The number of hydrogen-bond donors (Lipinski definition) is 0. The maximum absolute atomic E-state index is 2.54. The van der Waals surface area contributed by atoms with E-state index in [0.717, 1.165) is 17.8 Å². The molecule has 0 spiro atoms. The number of aryl methyl sites for hydroxylation is 1. The van der Waals surface area contributed by atoms with Gasteiger partial charge < -0.3 is 4.90 Å². The Bertz CT molecular complexity index is 437. The molecule has 3 rings (SSSR count). The van der Waals surface area contributed by atoms with Gasteiger partial charge in [0.15, 0.2) is 0 Å². The van der Waals surface area contributed by atoms with Crippen molar-refractivity contribution in [1.29, 1.82) is 0 Å². The van der Waals surface area contributed by atoms with Gasteiger partial charge in [0.2, 0.25) is 0 Å². The van der Waals surface area contributed by atoms with Crippen LogP contribution in [-0.4, -0.2) is 24.5 Å². The van der Waals surface area contributed by atoms with Crippen LogP contribution in [0.5, 0.6) is 0 Å². The summed E-state index contributed by atoms with van der Waals surface area (Å²) in [5.41, 5.74) is 4.66. The molecule has 1 saturated heterocycles. The monoisotopic (exact) mass is 229 g/mol. The normalized spacial score (nSPS) is 36.7. The van der Waals surface area contributed by atoms with Gasteiger partial charge in [-0.1, -0.05) is 30.7 Å². The molecule has 0 aromatic heterocycles. The topological polar surface area (TPSA) is 3.24 Å². The van der Waals surface area contributed by atoms with Crippen molar-refractivity contribution in [3.05, 3.63) is 34.9 Å². The van der Waals surface area contributed by atoms with Crippen LogP contribution in [-0.2, 0) is 6.42 Å². The third-order valence-electron chi connectivity index (χ3n) is 5.10. The highest BCUT2D eigenvalue weighted by atomic mass is 15.1. The van der Waals surface area contributed by atoms with Crippen LogP contribution in [0, 0.1) is 18.8 Å². The van der Waals surface area contributed by atoms with Crippen molar-refractivity contribution in [3.8, 4) is 0 Å². The molecule has 1 aromatic carbocycles. The van der Waals surface area contributed by atoms with Crippen LogP contribution in [0.15, 0.2) is 18.2 Å². The zero-order valence-electron chi connectivity index (χ0n) is 11.4. The molecule has 1 aromatic rings. The predicted molar refractivity (Wildman–Crippen MR) is 72.4 cm³/mol. The van der Waals surface area contributed by atoms with Gasteiger partial charge in [0.25, 0.3) is 0 Å². The Balaban J connectivity index is 2.05. The second-order valence-electron chi connectivity index (χ2n) is 6.25. The Morgan fingerprint density at radius 1 is 1.24 bits per heavy atom. The van der Waals surface area contributed by atoms with Gasteiger partial charge in [0.1, 0.15) is 0 Å². The van der Waals surface area contributed by atoms with E-state index < -0.39 is 0 Å². The van der Waals surface area contributed by atoms with Crippen molar-refractivity contribution in [2.45, 2.75) is 39.2 Å². The van der Waals surface area contributed by atoms with Gasteiger partial charge in [-0.25, -0.2) is 0 Å². The Hall–Kier alpha value is -0.820. The highest BCUT2D eigenvalue weighted by molar-refractivity contribution is 5.41. The van der Waals surface area contributed by atoms with Crippen LogP contribution >= 0.6 is 0 Å². The average molecular weight is 229 g/mol. The van der Waals surface area contributed by atoms with Crippen molar-refractivity contribution < 1.29 is 0 Å². The van der Waals surface area contributed by atoms with E-state index in [1.807, 2.05) is 0 Å². The molecule has 0 radical (unpaired) electrons. The van der Waals surface area contributed by atoms with E-state index in [1.54, 1.807) is 11.1 Å². The molecule has 2 aliphatic rings. The van der Waals surface area contributed by atoms with Gasteiger partial charge in [0.05, 0.1) is 0 Å². The van der Waals surface area contributed by atoms with Gasteiger partial charge in [-0.05, 0) is 50.3 Å². The van der Waals surface area contributed by atoms with Gasteiger partial charge in [-0.15, -0.1) is 0 Å². The first-order chi connectivity index (χ1) is 8.08. The maximum atomic E-state index is 2.54. The molecule has 0 bridgehead atoms. The molecule has 0 N–H and O–H groups in total. The summed E-state index contributed by atoms with van der Waals surface area (Å²) >= 11 is 0. The van der Waals surface area contributed by atoms with E-state index in [4.69, 9.17) is 0 Å². The molecule has 92 valence electrons. The second-order valence-corrected chi connectivity index (χ2v) is 6.25. The average Bonchev–Trinajstić information content (AvgIpc) is 2.65. The van der Waals surface area contributed by atoms with E-state index in [9.17, 15) is 0 Å². The van der Waals surface area contributed by atoms with Gasteiger partial charge in [0, 0.05) is 18.5 Å². The summed E-state index contributed by atoms with van der Waals surface area (Å²) in [7, 11) is 2.28. The third kappa shape index (κ3) is 1.63. The minimum atomic E-state index is 0.694. The van der Waals surface area contributed by atoms with E-state index >= 15 is 0 Å². The lowest BCUT2D eigenvalue weighted by Gasteiger charge is -2.43. The highest BCUT2D eigenvalue weighted by Gasteiger charge is 2.43. The molecule has 1 heterocycles. The number of fused-ring (bicyclic) bond motifs is 3. The summed E-state index contributed by atoms with van der Waals surface area (Å²) in [6.07, 6.45) is 1.31. The molecule has 1 aliphatic carbocycles. The maximum Gasteiger partial charge on any atom is 0.0136 e. The number of rotatable bonds is 0. The third-order valence-corrected chi connectivity index (χ3v) is 5.10.